The SMILES string of the molecule is Cc1ccc(S(=O)(=O)N2CCN(C(=O)CN3C(=O)CCC3=O)CC2)cc1. The second-order valence-electron chi connectivity index (χ2n) is 6.47. The summed E-state index contributed by atoms with van der Waals surface area (Å²) in [4.78, 5) is 38.3. The van der Waals surface area contributed by atoms with Gasteiger partial charge in [0.2, 0.25) is 27.7 Å². The Morgan fingerprint density at radius 2 is 1.50 bits per heavy atom. The second-order valence-corrected chi connectivity index (χ2v) is 8.41. The molecular formula is C17H21N3O5S. The van der Waals surface area contributed by atoms with E-state index in [-0.39, 0.29) is 68.2 Å². The van der Waals surface area contributed by atoms with Crippen molar-refractivity contribution in [1.29, 1.82) is 0 Å². The third-order valence-corrected chi connectivity index (χ3v) is 6.61. The van der Waals surface area contributed by atoms with Crippen LogP contribution >= 0.6 is 0 Å². The van der Waals surface area contributed by atoms with Crippen LogP contribution in [0.4, 0.5) is 0 Å². The van der Waals surface area contributed by atoms with Crippen LogP contribution in [-0.4, -0.2) is 73.0 Å². The van der Waals surface area contributed by atoms with Crippen LogP contribution in [0.15, 0.2) is 29.2 Å². The molecule has 0 saturated carbocycles. The van der Waals surface area contributed by atoms with Crippen molar-refractivity contribution in [2.45, 2.75) is 24.7 Å². The first-order valence-corrected chi connectivity index (χ1v) is 9.91. The van der Waals surface area contributed by atoms with E-state index in [1.165, 1.54) is 9.21 Å². The van der Waals surface area contributed by atoms with Crippen molar-refractivity contribution < 1.29 is 22.8 Å². The number of carbonyl (C=O) groups excluding carboxylic acids is 3. The zero-order valence-electron chi connectivity index (χ0n) is 14.6. The molecule has 2 aliphatic rings. The summed E-state index contributed by atoms with van der Waals surface area (Å²) in [6.45, 7) is 2.47. The Labute approximate surface area is 152 Å². The van der Waals surface area contributed by atoms with Crippen LogP contribution in [0.1, 0.15) is 18.4 Å². The Kier molecular flexibility index (Phi) is 5.10. The number of hydrogen-bond acceptors (Lipinski definition) is 5. The third kappa shape index (κ3) is 3.63. The van der Waals surface area contributed by atoms with Gasteiger partial charge in [-0.3, -0.25) is 19.3 Å². The number of sulfonamides is 1. The highest BCUT2D eigenvalue weighted by atomic mass is 32.2. The van der Waals surface area contributed by atoms with Crippen molar-refractivity contribution in [3.63, 3.8) is 0 Å². The van der Waals surface area contributed by atoms with Crippen molar-refractivity contribution >= 4 is 27.7 Å². The smallest absolute Gasteiger partial charge is 0.243 e. The molecule has 0 unspecified atom stereocenters. The standard InChI is InChI=1S/C17H21N3O5S/c1-13-2-4-14(5-3-13)26(24,25)19-10-8-18(9-11-19)17(23)12-20-15(21)6-7-16(20)22/h2-5H,6-12H2,1H3. The number of imide groups is 1. The number of benzene rings is 1. The number of rotatable bonds is 4. The highest BCUT2D eigenvalue weighted by molar-refractivity contribution is 7.89. The fraction of sp³-hybridized carbons (Fsp3) is 0.471. The van der Waals surface area contributed by atoms with Crippen LogP contribution < -0.4 is 0 Å². The number of carbonyl (C=O) groups is 3. The van der Waals surface area contributed by atoms with E-state index in [0.717, 1.165) is 10.5 Å². The Bertz CT molecular complexity index is 810. The lowest BCUT2D eigenvalue weighted by Gasteiger charge is -2.34. The summed E-state index contributed by atoms with van der Waals surface area (Å²) >= 11 is 0. The maximum atomic E-state index is 12.7. The van der Waals surface area contributed by atoms with Crippen molar-refractivity contribution in [3.8, 4) is 0 Å². The molecule has 0 aromatic heterocycles. The number of aryl methyl sites for hydroxylation is 1. The molecule has 26 heavy (non-hydrogen) atoms. The summed E-state index contributed by atoms with van der Waals surface area (Å²) < 4.78 is 26.7. The van der Waals surface area contributed by atoms with E-state index in [9.17, 15) is 22.8 Å². The van der Waals surface area contributed by atoms with Gasteiger partial charge in [0.15, 0.2) is 0 Å². The lowest BCUT2D eigenvalue weighted by atomic mass is 10.2. The molecule has 2 fully saturated rings. The average molecular weight is 379 g/mol. The first kappa shape index (κ1) is 18.5. The highest BCUT2D eigenvalue weighted by Gasteiger charge is 2.34. The molecule has 1 aromatic carbocycles. The molecule has 9 heteroatoms. The zero-order valence-corrected chi connectivity index (χ0v) is 15.4. The molecule has 0 bridgehead atoms. The molecule has 0 N–H and O–H groups in total. The predicted molar refractivity (Wildman–Crippen MR) is 92.5 cm³/mol. The molecule has 0 aliphatic carbocycles. The second kappa shape index (κ2) is 7.16. The number of likely N-dealkylation sites (tertiary alicyclic amines) is 1. The van der Waals surface area contributed by atoms with E-state index in [1.807, 2.05) is 6.92 Å². The van der Waals surface area contributed by atoms with Crippen LogP contribution in [0.25, 0.3) is 0 Å². The number of piperazine rings is 1. The maximum absolute atomic E-state index is 12.7. The van der Waals surface area contributed by atoms with Gasteiger partial charge >= 0.3 is 0 Å². The summed E-state index contributed by atoms with van der Waals surface area (Å²) in [5, 5.41) is 0. The fourth-order valence-corrected chi connectivity index (χ4v) is 4.49. The van der Waals surface area contributed by atoms with Gasteiger partial charge < -0.3 is 4.90 Å². The maximum Gasteiger partial charge on any atom is 0.243 e. The van der Waals surface area contributed by atoms with Gasteiger partial charge in [-0.25, -0.2) is 8.42 Å². The Morgan fingerprint density at radius 3 is 2.04 bits per heavy atom. The topological polar surface area (TPSA) is 95.1 Å². The molecule has 2 saturated heterocycles. The normalized spacial score (nSPS) is 19.3. The van der Waals surface area contributed by atoms with Crippen LogP contribution in [0, 0.1) is 6.92 Å². The quantitative estimate of drug-likeness (QED) is 0.685. The minimum absolute atomic E-state index is 0.148. The number of amides is 3. The molecular weight excluding hydrogens is 358 g/mol. The van der Waals surface area contributed by atoms with Crippen molar-refractivity contribution in [1.82, 2.24) is 14.1 Å². The highest BCUT2D eigenvalue weighted by Crippen LogP contribution is 2.19. The van der Waals surface area contributed by atoms with E-state index < -0.39 is 10.0 Å². The number of hydrogen-bond donors (Lipinski definition) is 0. The summed E-state index contributed by atoms with van der Waals surface area (Å²) in [5.74, 6) is -0.992. The van der Waals surface area contributed by atoms with E-state index >= 15 is 0 Å². The van der Waals surface area contributed by atoms with Gasteiger partial charge in [0.1, 0.15) is 6.54 Å². The third-order valence-electron chi connectivity index (χ3n) is 4.70. The molecule has 2 aliphatic heterocycles. The summed E-state index contributed by atoms with van der Waals surface area (Å²) in [6.07, 6.45) is 0.295. The summed E-state index contributed by atoms with van der Waals surface area (Å²) in [5.41, 5.74) is 0.977. The van der Waals surface area contributed by atoms with Crippen LogP contribution in [-0.2, 0) is 24.4 Å². The molecule has 1 aromatic rings. The van der Waals surface area contributed by atoms with Crippen LogP contribution in [0.3, 0.4) is 0 Å². The summed E-state index contributed by atoms with van der Waals surface area (Å²) in [7, 11) is -3.59. The average Bonchev–Trinajstić information content (AvgIpc) is 2.94. The van der Waals surface area contributed by atoms with E-state index in [2.05, 4.69) is 0 Å². The minimum atomic E-state index is -3.59. The Morgan fingerprint density at radius 1 is 0.962 bits per heavy atom. The first-order valence-electron chi connectivity index (χ1n) is 8.47. The molecule has 3 rings (SSSR count). The zero-order chi connectivity index (χ0) is 18.9. The van der Waals surface area contributed by atoms with E-state index in [1.54, 1.807) is 24.3 Å². The lowest BCUT2D eigenvalue weighted by Crippen LogP contribution is -2.53. The van der Waals surface area contributed by atoms with Crippen molar-refractivity contribution in [2.75, 3.05) is 32.7 Å². The summed E-state index contributed by atoms with van der Waals surface area (Å²) in [6, 6.07) is 6.65. The monoisotopic (exact) mass is 379 g/mol. The first-order chi connectivity index (χ1) is 12.3. The molecule has 140 valence electrons. The van der Waals surface area contributed by atoms with Gasteiger partial charge in [-0.05, 0) is 19.1 Å². The van der Waals surface area contributed by atoms with E-state index in [0.29, 0.717) is 0 Å². The Balaban J connectivity index is 1.60. The molecule has 3 amide bonds. The largest absolute Gasteiger partial charge is 0.338 e. The van der Waals surface area contributed by atoms with Gasteiger partial charge in [0.25, 0.3) is 0 Å². The molecule has 8 nitrogen and oxygen atoms in total. The van der Waals surface area contributed by atoms with E-state index in [4.69, 9.17) is 0 Å². The Hall–Kier alpha value is -2.26. The molecule has 0 atom stereocenters. The molecule has 2 heterocycles. The van der Waals surface area contributed by atoms with Gasteiger partial charge in [0.05, 0.1) is 4.90 Å². The van der Waals surface area contributed by atoms with Gasteiger partial charge in [-0.2, -0.15) is 4.31 Å². The lowest BCUT2D eigenvalue weighted by molar-refractivity contribution is -0.145. The van der Waals surface area contributed by atoms with Crippen molar-refractivity contribution in [3.05, 3.63) is 29.8 Å². The van der Waals surface area contributed by atoms with Crippen molar-refractivity contribution in [2.24, 2.45) is 0 Å². The van der Waals surface area contributed by atoms with Gasteiger partial charge in [-0.15, -0.1) is 0 Å². The van der Waals surface area contributed by atoms with Crippen LogP contribution in [0.5, 0.6) is 0 Å². The molecule has 0 radical (unpaired) electrons. The minimum Gasteiger partial charge on any atom is -0.338 e. The molecule has 0 spiro atoms. The fourth-order valence-electron chi connectivity index (χ4n) is 3.07. The predicted octanol–water partition coefficient (Wildman–Crippen LogP) is -0.0231. The van der Waals surface area contributed by atoms with Crippen LogP contribution in [0.2, 0.25) is 0 Å². The number of nitrogens with zero attached hydrogens (tertiary/aromatic N) is 3. The van der Waals surface area contributed by atoms with Gasteiger partial charge in [-0.1, -0.05) is 17.7 Å². The van der Waals surface area contributed by atoms with Gasteiger partial charge in [0, 0.05) is 39.0 Å².